The van der Waals surface area contributed by atoms with E-state index in [1.165, 1.54) is 12.1 Å². The Kier molecular flexibility index (Phi) is 5.05. The van der Waals surface area contributed by atoms with E-state index in [1.807, 2.05) is 24.3 Å². The summed E-state index contributed by atoms with van der Waals surface area (Å²) in [5, 5.41) is 8.23. The highest BCUT2D eigenvalue weighted by atomic mass is 79.9. The normalized spacial score (nSPS) is 14.1. The maximum Gasteiger partial charge on any atom is 0.573 e. The van der Waals surface area contributed by atoms with Gasteiger partial charge in [0.2, 0.25) is 0 Å². The van der Waals surface area contributed by atoms with Gasteiger partial charge in [0, 0.05) is 22.1 Å². The fourth-order valence-corrected chi connectivity index (χ4v) is 3.82. The number of fused-ring (bicyclic) bond motifs is 1. The zero-order valence-corrected chi connectivity index (χ0v) is 16.3. The van der Waals surface area contributed by atoms with Crippen LogP contribution in [0.1, 0.15) is 18.4 Å². The molecular weight excluding hydrogens is 435 g/mol. The number of ether oxygens (including phenoxy) is 1. The van der Waals surface area contributed by atoms with Gasteiger partial charge in [-0.25, -0.2) is 4.68 Å². The molecule has 0 radical (unpaired) electrons. The van der Waals surface area contributed by atoms with Gasteiger partial charge < -0.3 is 10.1 Å². The topological polar surface area (TPSA) is 39.1 Å². The molecule has 1 aromatic heterocycles. The van der Waals surface area contributed by atoms with Crippen molar-refractivity contribution in [3.8, 4) is 22.7 Å². The third-order valence-corrected chi connectivity index (χ3v) is 5.26. The second-order valence-electron chi connectivity index (χ2n) is 6.49. The molecule has 0 bridgehead atoms. The van der Waals surface area contributed by atoms with Crippen molar-refractivity contribution in [1.29, 1.82) is 0 Å². The van der Waals surface area contributed by atoms with Crippen LogP contribution in [0.2, 0.25) is 0 Å². The minimum atomic E-state index is -4.71. The van der Waals surface area contributed by atoms with Crippen LogP contribution in [0.3, 0.4) is 0 Å². The Hall–Kier alpha value is -2.48. The second kappa shape index (κ2) is 7.50. The highest BCUT2D eigenvalue weighted by Gasteiger charge is 2.31. The number of benzene rings is 2. The van der Waals surface area contributed by atoms with Crippen molar-refractivity contribution in [3.63, 3.8) is 0 Å². The Balaban J connectivity index is 1.78. The molecule has 0 fully saturated rings. The van der Waals surface area contributed by atoms with Gasteiger partial charge >= 0.3 is 6.36 Å². The first-order chi connectivity index (χ1) is 13.4. The molecular formula is C20H17BrF3N3O. The lowest BCUT2D eigenvalue weighted by Gasteiger charge is -2.11. The molecule has 1 aliphatic heterocycles. The first-order valence-corrected chi connectivity index (χ1v) is 9.68. The minimum absolute atomic E-state index is 0.256. The van der Waals surface area contributed by atoms with E-state index in [1.54, 1.807) is 16.8 Å². The number of halogens is 4. The molecule has 28 heavy (non-hydrogen) atoms. The molecule has 2 aromatic carbocycles. The van der Waals surface area contributed by atoms with Gasteiger partial charge in [-0.2, -0.15) is 5.10 Å². The maximum absolute atomic E-state index is 12.4. The molecule has 0 spiro atoms. The fourth-order valence-electron chi connectivity index (χ4n) is 3.35. The Morgan fingerprint density at radius 3 is 2.50 bits per heavy atom. The molecule has 4 rings (SSSR count). The van der Waals surface area contributed by atoms with E-state index in [9.17, 15) is 13.2 Å². The summed E-state index contributed by atoms with van der Waals surface area (Å²) in [5.41, 5.74) is 3.63. The van der Waals surface area contributed by atoms with Crippen molar-refractivity contribution in [2.45, 2.75) is 25.6 Å². The van der Waals surface area contributed by atoms with Crippen LogP contribution in [-0.4, -0.2) is 22.7 Å². The van der Waals surface area contributed by atoms with Crippen LogP contribution in [0.25, 0.3) is 16.9 Å². The Bertz CT molecular complexity index is 983. The molecule has 0 unspecified atom stereocenters. The van der Waals surface area contributed by atoms with Gasteiger partial charge in [-0.3, -0.25) is 0 Å². The van der Waals surface area contributed by atoms with Crippen molar-refractivity contribution >= 4 is 21.7 Å². The first-order valence-electron chi connectivity index (χ1n) is 8.89. The predicted molar refractivity (Wildman–Crippen MR) is 105 cm³/mol. The smallest absolute Gasteiger partial charge is 0.406 e. The van der Waals surface area contributed by atoms with Crippen molar-refractivity contribution in [3.05, 3.63) is 58.6 Å². The van der Waals surface area contributed by atoms with Gasteiger partial charge in [-0.15, -0.1) is 13.2 Å². The van der Waals surface area contributed by atoms with E-state index >= 15 is 0 Å². The van der Waals surface area contributed by atoms with E-state index < -0.39 is 6.36 Å². The number of nitrogens with zero attached hydrogens (tertiary/aromatic N) is 2. The van der Waals surface area contributed by atoms with Gasteiger partial charge in [0.05, 0.1) is 11.4 Å². The molecule has 146 valence electrons. The zero-order chi connectivity index (χ0) is 19.7. The Labute approximate surface area is 168 Å². The third kappa shape index (κ3) is 3.87. The van der Waals surface area contributed by atoms with Crippen LogP contribution >= 0.6 is 15.9 Å². The maximum atomic E-state index is 12.4. The molecule has 8 heteroatoms. The molecule has 3 aromatic rings. The largest absolute Gasteiger partial charge is 0.573 e. The minimum Gasteiger partial charge on any atom is -0.406 e. The van der Waals surface area contributed by atoms with E-state index in [-0.39, 0.29) is 5.75 Å². The molecule has 0 atom stereocenters. The van der Waals surface area contributed by atoms with Gasteiger partial charge in [-0.05, 0) is 49.6 Å². The zero-order valence-electron chi connectivity index (χ0n) is 14.8. The second-order valence-corrected chi connectivity index (χ2v) is 7.35. The summed E-state index contributed by atoms with van der Waals surface area (Å²) >= 11 is 3.59. The van der Waals surface area contributed by atoms with Gasteiger partial charge in [0.15, 0.2) is 0 Å². The number of alkyl halides is 3. The Morgan fingerprint density at radius 2 is 1.79 bits per heavy atom. The molecule has 2 heterocycles. The van der Waals surface area contributed by atoms with Crippen molar-refractivity contribution in [2.24, 2.45) is 0 Å². The lowest BCUT2D eigenvalue weighted by Crippen LogP contribution is -2.17. The molecule has 1 aliphatic rings. The molecule has 1 N–H and O–H groups in total. The van der Waals surface area contributed by atoms with E-state index in [0.717, 1.165) is 52.9 Å². The van der Waals surface area contributed by atoms with E-state index in [4.69, 9.17) is 5.10 Å². The van der Waals surface area contributed by atoms with Crippen LogP contribution in [0, 0.1) is 0 Å². The summed E-state index contributed by atoms with van der Waals surface area (Å²) in [6, 6.07) is 13.6. The van der Waals surface area contributed by atoms with Gasteiger partial charge in [-0.1, -0.05) is 34.1 Å². The fraction of sp³-hybridized carbons (Fsp3) is 0.250. The number of anilines is 1. The number of aromatic nitrogens is 2. The van der Waals surface area contributed by atoms with E-state index in [2.05, 4.69) is 26.0 Å². The van der Waals surface area contributed by atoms with Crippen LogP contribution in [0.4, 0.5) is 19.0 Å². The highest BCUT2D eigenvalue weighted by Crippen LogP contribution is 2.37. The number of hydrogen-bond donors (Lipinski definition) is 1. The van der Waals surface area contributed by atoms with Crippen molar-refractivity contribution in [1.82, 2.24) is 9.78 Å². The van der Waals surface area contributed by atoms with Crippen molar-refractivity contribution < 1.29 is 17.9 Å². The number of hydrogen-bond acceptors (Lipinski definition) is 3. The lowest BCUT2D eigenvalue weighted by atomic mass is 10.0. The summed E-state index contributed by atoms with van der Waals surface area (Å²) in [4.78, 5) is 0. The summed E-state index contributed by atoms with van der Waals surface area (Å²) in [6.07, 6.45) is -1.74. The van der Waals surface area contributed by atoms with E-state index in [0.29, 0.717) is 5.69 Å². The summed E-state index contributed by atoms with van der Waals surface area (Å²) < 4.78 is 43.9. The van der Waals surface area contributed by atoms with Crippen LogP contribution < -0.4 is 10.1 Å². The molecule has 0 amide bonds. The van der Waals surface area contributed by atoms with Crippen LogP contribution in [-0.2, 0) is 6.42 Å². The molecule has 0 saturated heterocycles. The van der Waals surface area contributed by atoms with Crippen LogP contribution in [0.15, 0.2) is 53.0 Å². The monoisotopic (exact) mass is 451 g/mol. The van der Waals surface area contributed by atoms with Crippen molar-refractivity contribution in [2.75, 3.05) is 11.9 Å². The molecule has 0 aliphatic carbocycles. The molecule has 4 nitrogen and oxygen atoms in total. The third-order valence-electron chi connectivity index (χ3n) is 4.57. The van der Waals surface area contributed by atoms with Crippen LogP contribution in [0.5, 0.6) is 5.75 Å². The lowest BCUT2D eigenvalue weighted by molar-refractivity contribution is -0.274. The average molecular weight is 452 g/mol. The highest BCUT2D eigenvalue weighted by molar-refractivity contribution is 9.10. The SMILES string of the molecule is FC(F)(F)Oc1ccc(-n2nc(-c3ccccc3Br)c3c2NCCCC3)cc1. The summed E-state index contributed by atoms with van der Waals surface area (Å²) in [7, 11) is 0. The molecule has 0 saturated carbocycles. The predicted octanol–water partition coefficient (Wildman–Crippen LogP) is 5.95. The average Bonchev–Trinajstić information content (AvgIpc) is 2.83. The summed E-state index contributed by atoms with van der Waals surface area (Å²) in [6.45, 7) is 0.823. The van der Waals surface area contributed by atoms with Gasteiger partial charge in [0.1, 0.15) is 11.6 Å². The Morgan fingerprint density at radius 1 is 1.04 bits per heavy atom. The number of rotatable bonds is 3. The number of nitrogens with one attached hydrogen (secondary N) is 1. The summed E-state index contributed by atoms with van der Waals surface area (Å²) in [5.74, 6) is 0.626. The first kappa shape index (κ1) is 18.9. The quantitative estimate of drug-likeness (QED) is 0.534. The standard InChI is InChI=1S/C20H17BrF3N3O/c21-17-7-2-1-5-15(17)18-16-6-3-4-12-25-19(16)27(26-18)13-8-10-14(11-9-13)28-20(22,23)24/h1-2,5,7-11,25H,3-4,6,12H2. The van der Waals surface area contributed by atoms with Gasteiger partial charge in [0.25, 0.3) is 0 Å².